The molecule has 48 heavy (non-hydrogen) atoms. The van der Waals surface area contributed by atoms with Crippen molar-refractivity contribution in [3.63, 3.8) is 0 Å². The third-order valence-corrected chi connectivity index (χ3v) is 8.96. The summed E-state index contributed by atoms with van der Waals surface area (Å²) in [5.74, 6) is -3.90. The monoisotopic (exact) mass is 672 g/mol. The van der Waals surface area contributed by atoms with E-state index in [1.807, 2.05) is 38.1 Å². The summed E-state index contributed by atoms with van der Waals surface area (Å²) in [5, 5.41) is 12.4. The molecule has 8 nitrogen and oxygen atoms in total. The van der Waals surface area contributed by atoms with E-state index in [9.17, 15) is 32.7 Å². The molecule has 12 heteroatoms. The number of carbonyl (C=O) groups is 2. The number of nitrogens with zero attached hydrogens (tertiary/aromatic N) is 3. The van der Waals surface area contributed by atoms with Crippen molar-refractivity contribution in [3.05, 3.63) is 85.8 Å². The lowest BCUT2D eigenvalue weighted by Crippen LogP contribution is -2.41. The summed E-state index contributed by atoms with van der Waals surface area (Å²) in [6.07, 6.45) is 0.663. The Morgan fingerprint density at radius 1 is 1.04 bits per heavy atom. The number of carboxylic acid groups (broad SMARTS) is 1. The zero-order valence-electron chi connectivity index (χ0n) is 28.1. The smallest absolute Gasteiger partial charge is 0.419 e. The Kier molecular flexibility index (Phi) is 11.8. The van der Waals surface area contributed by atoms with Gasteiger partial charge in [0.25, 0.3) is 0 Å². The van der Waals surface area contributed by atoms with Gasteiger partial charge in [-0.3, -0.25) is 14.2 Å². The molecule has 2 atom stereocenters. The van der Waals surface area contributed by atoms with Crippen LogP contribution in [-0.2, 0) is 28.6 Å². The molecule has 0 spiro atoms. The van der Waals surface area contributed by atoms with Crippen molar-refractivity contribution in [1.29, 1.82) is 0 Å². The van der Waals surface area contributed by atoms with E-state index in [2.05, 4.69) is 10.3 Å². The van der Waals surface area contributed by atoms with Gasteiger partial charge in [0.2, 0.25) is 5.91 Å². The number of aryl methyl sites for hydroxylation is 4. The fourth-order valence-corrected chi connectivity index (χ4v) is 6.58. The first-order valence-electron chi connectivity index (χ1n) is 16.3. The van der Waals surface area contributed by atoms with Gasteiger partial charge in [0, 0.05) is 24.0 Å². The molecule has 260 valence electrons. The second-order valence-electron chi connectivity index (χ2n) is 13.1. The molecule has 0 saturated heterocycles. The first-order chi connectivity index (χ1) is 22.6. The molecule has 2 heterocycles. The number of aromatic nitrogens is 2. The second kappa shape index (κ2) is 15.4. The number of carboxylic acids is 1. The van der Waals surface area contributed by atoms with E-state index in [1.54, 1.807) is 20.0 Å². The summed E-state index contributed by atoms with van der Waals surface area (Å²) >= 11 is 0. The number of alkyl halides is 3. The van der Waals surface area contributed by atoms with Crippen molar-refractivity contribution in [3.8, 4) is 11.1 Å². The lowest BCUT2D eigenvalue weighted by molar-refractivity contribution is -0.140. The Morgan fingerprint density at radius 2 is 1.73 bits per heavy atom. The van der Waals surface area contributed by atoms with E-state index in [4.69, 9.17) is 0 Å². The average Bonchev–Trinajstić information content (AvgIpc) is 2.97. The van der Waals surface area contributed by atoms with Gasteiger partial charge in [0.15, 0.2) is 0 Å². The maximum Gasteiger partial charge on any atom is 0.419 e. The van der Waals surface area contributed by atoms with Crippen LogP contribution in [0.5, 0.6) is 0 Å². The van der Waals surface area contributed by atoms with Crippen molar-refractivity contribution in [2.75, 3.05) is 20.6 Å². The third kappa shape index (κ3) is 8.89. The van der Waals surface area contributed by atoms with Gasteiger partial charge in [-0.25, -0.2) is 9.18 Å². The quantitative estimate of drug-likeness (QED) is 0.277. The molecule has 0 aliphatic carbocycles. The van der Waals surface area contributed by atoms with Gasteiger partial charge in [-0.05, 0) is 100 Å². The van der Waals surface area contributed by atoms with E-state index in [1.165, 1.54) is 10.6 Å². The summed E-state index contributed by atoms with van der Waals surface area (Å²) in [6.45, 7) is 6.03. The number of aliphatic carboxylic acids is 1. The molecular weight excluding hydrogens is 628 g/mol. The molecule has 2 bridgehead atoms. The van der Waals surface area contributed by atoms with Gasteiger partial charge >= 0.3 is 17.8 Å². The van der Waals surface area contributed by atoms with Crippen molar-refractivity contribution in [2.45, 2.75) is 96.8 Å². The van der Waals surface area contributed by atoms with Crippen LogP contribution in [0.25, 0.3) is 11.1 Å². The number of hydrogen-bond acceptors (Lipinski definition) is 5. The summed E-state index contributed by atoms with van der Waals surface area (Å²) in [4.78, 5) is 45.4. The van der Waals surface area contributed by atoms with Crippen LogP contribution in [0.3, 0.4) is 0 Å². The van der Waals surface area contributed by atoms with Gasteiger partial charge in [0.05, 0.1) is 18.0 Å². The molecule has 1 amide bonds. The number of nitrogens with one attached hydrogen (secondary N) is 1. The molecule has 4 rings (SSSR count). The SMILES string of the molecule is Cc1cc(C)c2c(c1)CCCCCCC[C@H](n1cc(CCN(C)C)c(C)nc1=O)C(=O)N[C@@H](CC(=O)O)c1cc-2cc(C(F)(F)F)c1F. The molecule has 0 fully saturated rings. The maximum absolute atomic E-state index is 15.9. The minimum atomic E-state index is -5.10. The third-order valence-electron chi connectivity index (χ3n) is 8.96. The fourth-order valence-electron chi connectivity index (χ4n) is 6.58. The lowest BCUT2D eigenvalue weighted by atomic mass is 9.87. The molecule has 1 aromatic heterocycles. The van der Waals surface area contributed by atoms with Gasteiger partial charge < -0.3 is 15.3 Å². The fraction of sp³-hybridized carbons (Fsp3) is 0.500. The van der Waals surface area contributed by atoms with E-state index >= 15 is 4.39 Å². The number of amides is 1. The molecule has 2 N–H and O–H groups in total. The van der Waals surface area contributed by atoms with E-state index in [0.29, 0.717) is 42.6 Å². The first-order valence-corrected chi connectivity index (χ1v) is 16.3. The Morgan fingerprint density at radius 3 is 2.40 bits per heavy atom. The predicted octanol–water partition coefficient (Wildman–Crippen LogP) is 6.87. The highest BCUT2D eigenvalue weighted by atomic mass is 19.4. The van der Waals surface area contributed by atoms with E-state index in [-0.39, 0.29) is 12.0 Å². The lowest BCUT2D eigenvalue weighted by Gasteiger charge is -2.26. The predicted molar refractivity (Wildman–Crippen MR) is 175 cm³/mol. The van der Waals surface area contributed by atoms with Crippen molar-refractivity contribution in [1.82, 2.24) is 19.8 Å². The van der Waals surface area contributed by atoms with Gasteiger partial charge in [-0.2, -0.15) is 18.2 Å². The maximum atomic E-state index is 15.9. The van der Waals surface area contributed by atoms with Gasteiger partial charge in [-0.15, -0.1) is 0 Å². The summed E-state index contributed by atoms with van der Waals surface area (Å²) in [6, 6.07) is 2.94. The molecule has 1 aliphatic rings. The highest BCUT2D eigenvalue weighted by Gasteiger charge is 2.38. The topological polar surface area (TPSA) is 105 Å². The normalized spacial score (nSPS) is 18.0. The number of carbonyl (C=O) groups excluding carboxylic acids is 1. The van der Waals surface area contributed by atoms with Crippen LogP contribution >= 0.6 is 0 Å². The Labute approximate surface area is 278 Å². The van der Waals surface area contributed by atoms with Gasteiger partial charge in [-0.1, -0.05) is 43.4 Å². The van der Waals surface area contributed by atoms with Crippen LogP contribution in [0.1, 0.15) is 96.1 Å². The largest absolute Gasteiger partial charge is 0.481 e. The van der Waals surface area contributed by atoms with Crippen molar-refractivity contribution < 1.29 is 32.3 Å². The highest BCUT2D eigenvalue weighted by molar-refractivity contribution is 5.82. The Bertz CT molecular complexity index is 1720. The van der Waals surface area contributed by atoms with Crippen LogP contribution in [0.4, 0.5) is 17.6 Å². The molecule has 2 aromatic carbocycles. The van der Waals surface area contributed by atoms with Crippen LogP contribution < -0.4 is 11.0 Å². The minimum Gasteiger partial charge on any atom is -0.481 e. The number of likely N-dealkylation sites (N-methyl/N-ethyl adjacent to an activating group) is 1. The first kappa shape index (κ1) is 36.8. The van der Waals surface area contributed by atoms with Crippen molar-refractivity contribution >= 4 is 11.9 Å². The minimum absolute atomic E-state index is 0.0870. The van der Waals surface area contributed by atoms with Crippen LogP contribution in [0.15, 0.2) is 35.3 Å². The standard InChI is InChI=1S/C36H44F4N4O4/c1-21-15-22(2)32-24(16-21)11-9-7-6-8-10-12-30(44-20-25(13-14-43(4)5)23(3)41-35(44)48)34(47)42-29(19-31(45)46)27-17-26(32)18-28(33(27)37)36(38,39)40/h15-18,20,29-30H,6-14,19H2,1-5H3,(H,42,47)(H,45,46)/t29-,30-/m0/s1. The van der Waals surface area contributed by atoms with Crippen molar-refractivity contribution in [2.24, 2.45) is 0 Å². The summed E-state index contributed by atoms with van der Waals surface area (Å²) in [7, 11) is 3.80. The number of fused-ring (bicyclic) bond motifs is 4. The zero-order chi connectivity index (χ0) is 35.3. The number of hydrogen-bond donors (Lipinski definition) is 2. The molecule has 3 aromatic rings. The van der Waals surface area contributed by atoms with E-state index < -0.39 is 59.2 Å². The van der Waals surface area contributed by atoms with Gasteiger partial charge in [0.1, 0.15) is 11.9 Å². The number of benzene rings is 2. The summed E-state index contributed by atoms with van der Waals surface area (Å²) < 4.78 is 60.3. The number of rotatable bonds is 6. The Hall–Kier alpha value is -4.06. The molecule has 0 unspecified atom stereocenters. The number of halogens is 4. The van der Waals surface area contributed by atoms with Crippen LogP contribution in [0, 0.1) is 26.6 Å². The van der Waals surface area contributed by atoms with E-state index in [0.717, 1.165) is 48.4 Å². The average molecular weight is 673 g/mol. The molecule has 0 radical (unpaired) electrons. The zero-order valence-corrected chi connectivity index (χ0v) is 28.1. The van der Waals surface area contributed by atoms with Crippen LogP contribution in [-0.4, -0.2) is 52.1 Å². The molecule has 0 saturated carbocycles. The van der Waals surface area contributed by atoms with Crippen LogP contribution in [0.2, 0.25) is 0 Å². The molecule has 1 aliphatic heterocycles. The summed E-state index contributed by atoms with van der Waals surface area (Å²) in [5.41, 5.74) is 1.51. The highest BCUT2D eigenvalue weighted by Crippen LogP contribution is 2.40. The Balaban J connectivity index is 1.91. The second-order valence-corrected chi connectivity index (χ2v) is 13.1. The molecular formula is C36H44F4N4O4.